The molecule has 29 heavy (non-hydrogen) atoms. The Labute approximate surface area is 171 Å². The average molecular weight is 395 g/mol. The van der Waals surface area contributed by atoms with E-state index in [4.69, 9.17) is 0 Å². The molecule has 2 aromatic heterocycles. The fourth-order valence-corrected chi connectivity index (χ4v) is 3.93. The number of hydrogen-bond donors (Lipinski definition) is 2. The maximum Gasteiger partial charge on any atom is 0.263 e. The highest BCUT2D eigenvalue weighted by atomic mass is 16.1. The van der Waals surface area contributed by atoms with Gasteiger partial charge >= 0.3 is 0 Å². The van der Waals surface area contributed by atoms with Crippen LogP contribution in [0.25, 0.3) is 11.0 Å². The smallest absolute Gasteiger partial charge is 0.263 e. The largest absolute Gasteiger partial charge is 0.353 e. The summed E-state index contributed by atoms with van der Waals surface area (Å²) in [6.45, 7) is 11.4. The van der Waals surface area contributed by atoms with Crippen LogP contribution in [0.1, 0.15) is 44.7 Å². The molecule has 1 aliphatic rings. The molecule has 1 saturated heterocycles. The summed E-state index contributed by atoms with van der Waals surface area (Å²) in [5.74, 6) is 0.533. The van der Waals surface area contributed by atoms with E-state index in [1.807, 2.05) is 4.68 Å². The van der Waals surface area contributed by atoms with Crippen molar-refractivity contribution in [3.63, 3.8) is 0 Å². The molecule has 3 heterocycles. The van der Waals surface area contributed by atoms with Crippen LogP contribution in [-0.2, 0) is 12.1 Å². The van der Waals surface area contributed by atoms with Crippen molar-refractivity contribution in [2.75, 3.05) is 18.4 Å². The number of nitrogens with zero attached hydrogens (tertiary/aromatic N) is 4. The Morgan fingerprint density at radius 2 is 1.93 bits per heavy atom. The van der Waals surface area contributed by atoms with E-state index in [2.05, 4.69) is 77.2 Å². The monoisotopic (exact) mass is 394 g/mol. The molecule has 7 heteroatoms. The second-order valence-corrected chi connectivity index (χ2v) is 9.00. The van der Waals surface area contributed by atoms with E-state index in [9.17, 15) is 4.79 Å². The molecule has 3 aromatic rings. The first-order valence-corrected chi connectivity index (χ1v) is 10.3. The van der Waals surface area contributed by atoms with Crippen LogP contribution in [0.4, 0.5) is 5.95 Å². The van der Waals surface area contributed by atoms with Crippen LogP contribution in [-0.4, -0.2) is 43.8 Å². The summed E-state index contributed by atoms with van der Waals surface area (Å²) in [6, 6.07) is 8.88. The number of aromatic nitrogens is 4. The van der Waals surface area contributed by atoms with Crippen molar-refractivity contribution >= 4 is 17.0 Å². The van der Waals surface area contributed by atoms with Crippen LogP contribution in [0.15, 0.2) is 35.3 Å². The minimum Gasteiger partial charge on any atom is -0.353 e. The third kappa shape index (κ3) is 4.19. The molecular weight excluding hydrogens is 364 g/mol. The molecule has 1 aliphatic heterocycles. The lowest BCUT2D eigenvalue weighted by molar-refractivity contribution is 0.210. The van der Waals surface area contributed by atoms with Crippen molar-refractivity contribution < 1.29 is 0 Å². The lowest BCUT2D eigenvalue weighted by Gasteiger charge is -2.32. The molecule has 2 N–H and O–H groups in total. The highest BCUT2D eigenvalue weighted by molar-refractivity contribution is 5.74. The van der Waals surface area contributed by atoms with Crippen LogP contribution in [0.3, 0.4) is 0 Å². The van der Waals surface area contributed by atoms with Crippen molar-refractivity contribution in [1.29, 1.82) is 0 Å². The normalized spacial score (nSPS) is 16.4. The van der Waals surface area contributed by atoms with Gasteiger partial charge in [-0.3, -0.25) is 14.7 Å². The molecule has 7 nitrogen and oxygen atoms in total. The fourth-order valence-electron chi connectivity index (χ4n) is 3.93. The summed E-state index contributed by atoms with van der Waals surface area (Å²) in [4.78, 5) is 22.5. The summed E-state index contributed by atoms with van der Waals surface area (Å²) in [7, 11) is 0. The molecule has 0 radical (unpaired) electrons. The predicted molar refractivity (Wildman–Crippen MR) is 116 cm³/mol. The number of likely N-dealkylation sites (tertiary alicyclic amines) is 1. The Morgan fingerprint density at radius 1 is 1.21 bits per heavy atom. The minimum atomic E-state index is -0.235. The number of aryl methyl sites for hydroxylation is 1. The zero-order valence-corrected chi connectivity index (χ0v) is 17.7. The van der Waals surface area contributed by atoms with Gasteiger partial charge in [0.15, 0.2) is 5.65 Å². The second-order valence-electron chi connectivity index (χ2n) is 9.00. The summed E-state index contributed by atoms with van der Waals surface area (Å²) in [5.41, 5.74) is 2.98. The molecule has 4 rings (SSSR count). The first-order chi connectivity index (χ1) is 13.8. The topological polar surface area (TPSA) is 78.8 Å². The van der Waals surface area contributed by atoms with Crippen molar-refractivity contribution in [2.45, 2.75) is 58.7 Å². The van der Waals surface area contributed by atoms with Gasteiger partial charge < -0.3 is 5.32 Å². The SMILES string of the molecule is Cc1ccccc1CN1CCC(Nc2nc3c(cnn3C(C)(C)C)c(=O)[nH]2)CC1. The van der Waals surface area contributed by atoms with Gasteiger partial charge in [-0.05, 0) is 51.7 Å². The molecule has 0 bridgehead atoms. The first kappa shape index (κ1) is 19.6. The number of benzene rings is 1. The molecule has 154 valence electrons. The number of nitrogens with one attached hydrogen (secondary N) is 2. The van der Waals surface area contributed by atoms with Crippen LogP contribution < -0.4 is 10.9 Å². The Balaban J connectivity index is 1.43. The summed E-state index contributed by atoms with van der Waals surface area (Å²) >= 11 is 0. The van der Waals surface area contributed by atoms with Gasteiger partial charge in [0.2, 0.25) is 5.95 Å². The number of H-pyrrole nitrogens is 1. The number of rotatable bonds is 4. The number of piperidine rings is 1. The quantitative estimate of drug-likeness (QED) is 0.710. The van der Waals surface area contributed by atoms with E-state index in [0.29, 0.717) is 23.0 Å². The first-order valence-electron chi connectivity index (χ1n) is 10.3. The fraction of sp³-hybridized carbons (Fsp3) is 0.500. The number of anilines is 1. The Kier molecular flexibility index (Phi) is 5.17. The van der Waals surface area contributed by atoms with Crippen LogP contribution in [0, 0.1) is 6.92 Å². The second kappa shape index (κ2) is 7.63. The van der Waals surface area contributed by atoms with Gasteiger partial charge in [-0.2, -0.15) is 10.1 Å². The predicted octanol–water partition coefficient (Wildman–Crippen LogP) is 3.26. The van der Waals surface area contributed by atoms with Gasteiger partial charge in [-0.1, -0.05) is 24.3 Å². The van der Waals surface area contributed by atoms with E-state index in [1.165, 1.54) is 11.1 Å². The van der Waals surface area contributed by atoms with Gasteiger partial charge in [0.1, 0.15) is 5.39 Å². The van der Waals surface area contributed by atoms with Crippen molar-refractivity contribution in [2.24, 2.45) is 0 Å². The zero-order valence-electron chi connectivity index (χ0n) is 17.7. The van der Waals surface area contributed by atoms with Crippen molar-refractivity contribution in [3.05, 3.63) is 51.9 Å². The third-order valence-electron chi connectivity index (χ3n) is 5.66. The summed E-state index contributed by atoms with van der Waals surface area (Å²) in [6.07, 6.45) is 3.64. The highest BCUT2D eigenvalue weighted by Gasteiger charge is 2.22. The van der Waals surface area contributed by atoms with Gasteiger partial charge in [-0.15, -0.1) is 0 Å². The Hall–Kier alpha value is -2.67. The number of aromatic amines is 1. The van der Waals surface area contributed by atoms with Crippen LogP contribution in [0.2, 0.25) is 0 Å². The van der Waals surface area contributed by atoms with E-state index < -0.39 is 0 Å². The lowest BCUT2D eigenvalue weighted by atomic mass is 10.0. The minimum absolute atomic E-state index is 0.148. The van der Waals surface area contributed by atoms with E-state index >= 15 is 0 Å². The standard InChI is InChI=1S/C22H30N6O/c1-15-7-5-6-8-16(15)14-27-11-9-17(10-12-27)24-21-25-19-18(20(29)26-21)13-23-28(19)22(2,3)4/h5-8,13,17H,9-12,14H2,1-4H3,(H2,24,25,26,29). The van der Waals surface area contributed by atoms with Crippen LogP contribution >= 0.6 is 0 Å². The number of hydrogen-bond acceptors (Lipinski definition) is 5. The molecule has 0 spiro atoms. The molecule has 1 aromatic carbocycles. The molecule has 0 unspecified atom stereocenters. The van der Waals surface area contributed by atoms with Gasteiger partial charge in [-0.25, -0.2) is 4.68 Å². The van der Waals surface area contributed by atoms with Gasteiger partial charge in [0.05, 0.1) is 11.7 Å². The molecule has 0 aliphatic carbocycles. The highest BCUT2D eigenvalue weighted by Crippen LogP contribution is 2.21. The van der Waals surface area contributed by atoms with Gasteiger partial charge in [0, 0.05) is 25.7 Å². The van der Waals surface area contributed by atoms with Gasteiger partial charge in [0.25, 0.3) is 5.56 Å². The molecule has 0 amide bonds. The summed E-state index contributed by atoms with van der Waals surface area (Å²) in [5, 5.41) is 8.34. The Morgan fingerprint density at radius 3 is 2.62 bits per heavy atom. The maximum atomic E-state index is 12.5. The molecule has 1 fully saturated rings. The molecule has 0 saturated carbocycles. The average Bonchev–Trinajstić information content (AvgIpc) is 3.10. The molecule has 0 atom stereocenters. The summed E-state index contributed by atoms with van der Waals surface area (Å²) < 4.78 is 1.81. The zero-order chi connectivity index (χ0) is 20.6. The number of fused-ring (bicyclic) bond motifs is 1. The maximum absolute atomic E-state index is 12.5. The van der Waals surface area contributed by atoms with E-state index in [0.717, 1.165) is 32.5 Å². The third-order valence-corrected chi connectivity index (χ3v) is 5.66. The van der Waals surface area contributed by atoms with Crippen molar-refractivity contribution in [1.82, 2.24) is 24.6 Å². The lowest BCUT2D eigenvalue weighted by Crippen LogP contribution is -2.39. The van der Waals surface area contributed by atoms with E-state index in [-0.39, 0.29) is 11.1 Å². The van der Waals surface area contributed by atoms with E-state index in [1.54, 1.807) is 6.20 Å². The van der Waals surface area contributed by atoms with Crippen molar-refractivity contribution in [3.8, 4) is 0 Å². The Bertz CT molecular complexity index is 1050. The van der Waals surface area contributed by atoms with Crippen LogP contribution in [0.5, 0.6) is 0 Å². The molecular formula is C22H30N6O.